The quantitative estimate of drug-likeness (QED) is 0.212. The van der Waals surface area contributed by atoms with Crippen LogP contribution in [0.4, 0.5) is 0 Å². The Bertz CT molecular complexity index is 953. The number of ether oxygens (including phenoxy) is 2. The molecule has 0 saturated heterocycles. The van der Waals surface area contributed by atoms with Gasteiger partial charge < -0.3 is 9.47 Å². The molecule has 0 saturated carbocycles. The van der Waals surface area contributed by atoms with Gasteiger partial charge in [0, 0.05) is 0 Å². The lowest BCUT2D eigenvalue weighted by atomic mass is 10.1. The van der Waals surface area contributed by atoms with Gasteiger partial charge in [0.2, 0.25) is 0 Å². The van der Waals surface area contributed by atoms with Gasteiger partial charge in [0.15, 0.2) is 11.5 Å². The summed E-state index contributed by atoms with van der Waals surface area (Å²) in [4.78, 5) is 24.4. The summed E-state index contributed by atoms with van der Waals surface area (Å²) < 4.78 is 12.0. The van der Waals surface area contributed by atoms with Crippen molar-refractivity contribution in [1.82, 2.24) is 0 Å². The van der Waals surface area contributed by atoms with Gasteiger partial charge in [-0.15, -0.1) is 0 Å². The second-order valence-electron chi connectivity index (χ2n) is 5.84. The number of benzene rings is 3. The first-order valence-corrected chi connectivity index (χ1v) is 9.41. The molecule has 0 bridgehead atoms. The maximum atomic E-state index is 12.5. The van der Waals surface area contributed by atoms with Gasteiger partial charge in [-0.05, 0) is 59.3 Å². The largest absolute Gasteiger partial charge is 0.488 e. The van der Waals surface area contributed by atoms with Gasteiger partial charge in [-0.25, -0.2) is 4.79 Å². The summed E-state index contributed by atoms with van der Waals surface area (Å²) in [5.41, 5.74) is 1.78. The number of halogens is 1. The first kappa shape index (κ1) is 19.1. The molecule has 0 N–H and O–H groups in total. The zero-order valence-electron chi connectivity index (χ0n) is 14.6. The molecule has 5 heteroatoms. The monoisotopic (exact) mass is 472 g/mol. The molecule has 0 fully saturated rings. The highest BCUT2D eigenvalue weighted by molar-refractivity contribution is 14.1. The summed E-state index contributed by atoms with van der Waals surface area (Å²) in [5.74, 6) is 0.0810. The summed E-state index contributed by atoms with van der Waals surface area (Å²) in [7, 11) is 0. The predicted octanol–water partition coefficient (Wildman–Crippen LogP) is 5.29. The molecule has 3 aromatic carbocycles. The number of rotatable bonds is 6. The summed E-state index contributed by atoms with van der Waals surface area (Å²) >= 11 is 2.04. The maximum Gasteiger partial charge on any atom is 0.343 e. The van der Waals surface area contributed by atoms with E-state index in [-0.39, 0.29) is 11.5 Å². The second kappa shape index (κ2) is 8.81. The molecule has 0 aliphatic heterocycles. The molecule has 0 unspecified atom stereocenters. The number of hydrogen-bond donors (Lipinski definition) is 0. The lowest BCUT2D eigenvalue weighted by molar-refractivity contribution is 0.0731. The van der Waals surface area contributed by atoms with Crippen molar-refractivity contribution in [1.29, 1.82) is 0 Å². The van der Waals surface area contributed by atoms with Crippen molar-refractivity contribution in [3.63, 3.8) is 0 Å². The van der Waals surface area contributed by atoms with Crippen LogP contribution in [0.15, 0.2) is 72.8 Å². The summed E-state index contributed by atoms with van der Waals surface area (Å²) in [6, 6.07) is 21.8. The van der Waals surface area contributed by atoms with Crippen LogP contribution < -0.4 is 9.47 Å². The summed E-state index contributed by atoms with van der Waals surface area (Å²) in [6.45, 7) is 1.82. The molecular formula is C22H17IO4. The average molecular weight is 472 g/mol. The van der Waals surface area contributed by atoms with Crippen LogP contribution >= 0.6 is 22.6 Å². The SMILES string of the molecule is CC(=O)c1ccc(OCc2ccccc2)c(I)c1OC(=O)c1ccccc1. The standard InChI is InChI=1S/C22H17IO4/c1-15(24)18-12-13-19(26-14-16-8-4-2-5-9-16)20(23)21(18)27-22(25)17-10-6-3-7-11-17/h2-13H,14H2,1H3. The number of carbonyl (C=O) groups excluding carboxylic acids is 2. The molecule has 0 aliphatic carbocycles. The van der Waals surface area contributed by atoms with E-state index in [0.29, 0.717) is 27.1 Å². The fourth-order valence-corrected chi connectivity index (χ4v) is 3.22. The van der Waals surface area contributed by atoms with E-state index < -0.39 is 5.97 Å². The minimum Gasteiger partial charge on any atom is -0.488 e. The average Bonchev–Trinajstić information content (AvgIpc) is 2.69. The van der Waals surface area contributed by atoms with Gasteiger partial charge in [0.25, 0.3) is 0 Å². The van der Waals surface area contributed by atoms with Crippen molar-refractivity contribution in [2.45, 2.75) is 13.5 Å². The van der Waals surface area contributed by atoms with E-state index in [2.05, 4.69) is 0 Å². The van der Waals surface area contributed by atoms with Crippen molar-refractivity contribution in [3.05, 3.63) is 93.1 Å². The molecular weight excluding hydrogens is 455 g/mol. The van der Waals surface area contributed by atoms with Gasteiger partial charge in [-0.1, -0.05) is 48.5 Å². The summed E-state index contributed by atoms with van der Waals surface area (Å²) in [6.07, 6.45) is 0. The molecule has 0 radical (unpaired) electrons. The molecule has 3 rings (SSSR count). The van der Waals surface area contributed by atoms with Crippen LogP contribution in [0.2, 0.25) is 0 Å². The lowest BCUT2D eigenvalue weighted by Gasteiger charge is -2.15. The van der Waals surface area contributed by atoms with Gasteiger partial charge in [0.05, 0.1) is 14.7 Å². The topological polar surface area (TPSA) is 52.6 Å². The van der Waals surface area contributed by atoms with Crippen LogP contribution in [-0.2, 0) is 6.61 Å². The number of Topliss-reactive ketones (excluding diaryl/α,β-unsaturated/α-hetero) is 1. The van der Waals surface area contributed by atoms with E-state index in [0.717, 1.165) is 5.56 Å². The molecule has 0 amide bonds. The number of ketones is 1. The van der Waals surface area contributed by atoms with E-state index in [4.69, 9.17) is 9.47 Å². The molecule has 0 aliphatic rings. The second-order valence-corrected chi connectivity index (χ2v) is 6.92. The predicted molar refractivity (Wildman–Crippen MR) is 111 cm³/mol. The minimum atomic E-state index is -0.517. The first-order valence-electron chi connectivity index (χ1n) is 8.33. The number of hydrogen-bond acceptors (Lipinski definition) is 4. The highest BCUT2D eigenvalue weighted by Crippen LogP contribution is 2.35. The zero-order chi connectivity index (χ0) is 19.2. The van der Waals surface area contributed by atoms with Crippen molar-refractivity contribution in [2.75, 3.05) is 0 Å². The third-order valence-corrected chi connectivity index (χ3v) is 4.90. The Hall–Kier alpha value is -2.67. The Balaban J connectivity index is 1.88. The number of carbonyl (C=O) groups is 2. The van der Waals surface area contributed by atoms with Gasteiger partial charge in [-0.3, -0.25) is 4.79 Å². The highest BCUT2D eigenvalue weighted by atomic mass is 127. The molecule has 0 aromatic heterocycles. The third-order valence-electron chi connectivity index (χ3n) is 3.88. The van der Waals surface area contributed by atoms with E-state index >= 15 is 0 Å². The Morgan fingerprint density at radius 1 is 0.889 bits per heavy atom. The Kier molecular flexibility index (Phi) is 6.24. The first-order chi connectivity index (χ1) is 13.1. The van der Waals surface area contributed by atoms with Crippen LogP contribution in [0.1, 0.15) is 33.2 Å². The van der Waals surface area contributed by atoms with Gasteiger partial charge >= 0.3 is 5.97 Å². The minimum absolute atomic E-state index is 0.182. The Morgan fingerprint density at radius 2 is 1.52 bits per heavy atom. The molecule has 4 nitrogen and oxygen atoms in total. The Morgan fingerprint density at radius 3 is 2.15 bits per heavy atom. The van der Waals surface area contributed by atoms with Crippen molar-refractivity contribution >= 4 is 34.3 Å². The van der Waals surface area contributed by atoms with Crippen LogP contribution in [0.5, 0.6) is 11.5 Å². The normalized spacial score (nSPS) is 10.3. The zero-order valence-corrected chi connectivity index (χ0v) is 16.8. The van der Waals surface area contributed by atoms with E-state index in [1.807, 2.05) is 59.0 Å². The molecule has 27 heavy (non-hydrogen) atoms. The van der Waals surface area contributed by atoms with E-state index in [1.54, 1.807) is 36.4 Å². The van der Waals surface area contributed by atoms with E-state index in [1.165, 1.54) is 6.92 Å². The van der Waals surface area contributed by atoms with Gasteiger partial charge in [0.1, 0.15) is 12.4 Å². The van der Waals surface area contributed by atoms with Crippen LogP contribution in [0, 0.1) is 3.57 Å². The molecule has 0 heterocycles. The van der Waals surface area contributed by atoms with Crippen LogP contribution in [-0.4, -0.2) is 11.8 Å². The molecule has 3 aromatic rings. The smallest absolute Gasteiger partial charge is 0.343 e. The van der Waals surface area contributed by atoms with Gasteiger partial charge in [-0.2, -0.15) is 0 Å². The fraction of sp³-hybridized carbons (Fsp3) is 0.0909. The highest BCUT2D eigenvalue weighted by Gasteiger charge is 2.20. The van der Waals surface area contributed by atoms with E-state index in [9.17, 15) is 9.59 Å². The maximum absolute atomic E-state index is 12.5. The van der Waals surface area contributed by atoms with Crippen LogP contribution in [0.3, 0.4) is 0 Å². The molecule has 0 spiro atoms. The molecule has 0 atom stereocenters. The molecule has 136 valence electrons. The number of esters is 1. The van der Waals surface area contributed by atoms with Crippen molar-refractivity contribution in [3.8, 4) is 11.5 Å². The van der Waals surface area contributed by atoms with Crippen LogP contribution in [0.25, 0.3) is 0 Å². The third kappa shape index (κ3) is 4.74. The fourth-order valence-electron chi connectivity index (χ4n) is 2.49. The van der Waals surface area contributed by atoms with Crippen molar-refractivity contribution in [2.24, 2.45) is 0 Å². The Labute approximate surface area is 171 Å². The lowest BCUT2D eigenvalue weighted by Crippen LogP contribution is -2.12. The van der Waals surface area contributed by atoms with Crippen molar-refractivity contribution < 1.29 is 19.1 Å². The summed E-state index contributed by atoms with van der Waals surface area (Å²) in [5, 5.41) is 0.